The molecule has 2 heterocycles. The largest absolute Gasteiger partial charge is 0.506 e. The zero-order valence-electron chi connectivity index (χ0n) is 19.4. The topological polar surface area (TPSA) is 185 Å². The fourth-order valence-electron chi connectivity index (χ4n) is 3.50. The van der Waals surface area contributed by atoms with Crippen LogP contribution in [0.4, 0.5) is 5.69 Å². The number of amides is 2. The molecule has 0 spiro atoms. The second kappa shape index (κ2) is 12.3. The van der Waals surface area contributed by atoms with Crippen LogP contribution in [0.25, 0.3) is 0 Å². The second-order valence-electron chi connectivity index (χ2n) is 8.23. The maximum Gasteiger partial charge on any atom is 0.305 e. The van der Waals surface area contributed by atoms with Gasteiger partial charge in [0.15, 0.2) is 5.96 Å². The number of carboxylic acids is 1. The molecule has 2 aromatic rings. The number of aromatic hydroxyl groups is 1. The first kappa shape index (κ1) is 26.9. The molecule has 2 amide bonds. The molecule has 192 valence electrons. The Morgan fingerprint density at radius 3 is 2.78 bits per heavy atom. The fourth-order valence-corrected chi connectivity index (χ4v) is 4.09. The summed E-state index contributed by atoms with van der Waals surface area (Å²) in [6.07, 6.45) is 2.41. The third kappa shape index (κ3) is 7.65. The van der Waals surface area contributed by atoms with E-state index in [-0.39, 0.29) is 23.4 Å². The van der Waals surface area contributed by atoms with Crippen LogP contribution in [0.5, 0.6) is 5.75 Å². The molecule has 0 radical (unpaired) electrons. The van der Waals surface area contributed by atoms with E-state index in [1.165, 1.54) is 18.5 Å². The highest BCUT2D eigenvalue weighted by molar-refractivity contribution is 9.10. The summed E-state index contributed by atoms with van der Waals surface area (Å²) in [5.74, 6) is -2.10. The van der Waals surface area contributed by atoms with Crippen LogP contribution in [0, 0.1) is 6.92 Å². The van der Waals surface area contributed by atoms with E-state index in [0.29, 0.717) is 29.1 Å². The molecule has 1 aliphatic rings. The van der Waals surface area contributed by atoms with Gasteiger partial charge in [0.1, 0.15) is 5.75 Å². The molecule has 0 fully saturated rings. The number of pyridine rings is 1. The molecule has 2 atom stereocenters. The molecule has 3 rings (SSSR count). The molecular formula is C23H27BrN6O6. The SMILES string of the molecule is Cc1cc(Br)c(O)c(C(CC(=O)O)NC(=O)CNC(=O)c2cncc(NC3=NC[C@H](O)CCN3)c2)c1. The van der Waals surface area contributed by atoms with Crippen LogP contribution >= 0.6 is 15.9 Å². The maximum atomic E-state index is 12.6. The van der Waals surface area contributed by atoms with Gasteiger partial charge in [-0.15, -0.1) is 0 Å². The normalized spacial score (nSPS) is 16.1. The number of carboxylic acid groups (broad SMARTS) is 1. The molecule has 1 aromatic carbocycles. The van der Waals surface area contributed by atoms with Crippen molar-refractivity contribution in [3.05, 3.63) is 51.8 Å². The lowest BCUT2D eigenvalue weighted by molar-refractivity contribution is -0.137. The van der Waals surface area contributed by atoms with Crippen LogP contribution in [-0.2, 0) is 9.59 Å². The summed E-state index contributed by atoms with van der Waals surface area (Å²) in [6.45, 7) is 2.13. The van der Waals surface area contributed by atoms with Gasteiger partial charge >= 0.3 is 5.97 Å². The third-order valence-corrected chi connectivity index (χ3v) is 5.83. The molecule has 36 heavy (non-hydrogen) atoms. The Bertz CT molecular complexity index is 1170. The molecule has 13 heteroatoms. The summed E-state index contributed by atoms with van der Waals surface area (Å²) in [6, 6.07) is 3.77. The first-order valence-electron chi connectivity index (χ1n) is 11.1. The van der Waals surface area contributed by atoms with Crippen molar-refractivity contribution in [3.8, 4) is 5.75 Å². The molecule has 0 saturated heterocycles. The van der Waals surface area contributed by atoms with Crippen LogP contribution < -0.4 is 21.3 Å². The van der Waals surface area contributed by atoms with Gasteiger partial charge in [0.25, 0.3) is 5.91 Å². The number of aryl methyl sites for hydroxylation is 1. The number of guanidine groups is 1. The molecule has 1 unspecified atom stereocenters. The molecule has 12 nitrogen and oxygen atoms in total. The number of carbonyl (C=O) groups is 3. The number of aromatic nitrogens is 1. The van der Waals surface area contributed by atoms with Crippen LogP contribution in [0.15, 0.2) is 40.1 Å². The standard InChI is InChI=1S/C23H27BrN6O6/c1-12-4-16(21(35)17(24)5-12)18(7-20(33)34)30-19(32)11-27-22(36)13-6-14(9-25-8-13)29-23-26-3-2-15(31)10-28-23/h4-6,8-9,15,18,31,35H,2-3,7,10-11H2,1H3,(H,27,36)(H,30,32)(H,33,34)(H2,26,28,29)/t15-,18?/m1/s1. The number of aliphatic imine (C=N–C) groups is 1. The Hall–Kier alpha value is -3.71. The molecule has 7 N–H and O–H groups in total. The summed E-state index contributed by atoms with van der Waals surface area (Å²) in [4.78, 5) is 44.7. The Balaban J connectivity index is 1.62. The summed E-state index contributed by atoms with van der Waals surface area (Å²) >= 11 is 3.22. The lowest BCUT2D eigenvalue weighted by atomic mass is 10.0. The Labute approximate surface area is 215 Å². The molecule has 1 aromatic heterocycles. The molecular weight excluding hydrogens is 536 g/mol. The smallest absolute Gasteiger partial charge is 0.305 e. The highest BCUT2D eigenvalue weighted by Crippen LogP contribution is 2.34. The number of anilines is 1. The van der Waals surface area contributed by atoms with Gasteiger partial charge in [-0.25, -0.2) is 0 Å². The summed E-state index contributed by atoms with van der Waals surface area (Å²) < 4.78 is 0.373. The number of aliphatic hydroxyl groups is 1. The van der Waals surface area contributed by atoms with Gasteiger partial charge in [-0.1, -0.05) is 6.07 Å². The Morgan fingerprint density at radius 2 is 2.03 bits per heavy atom. The predicted octanol–water partition coefficient (Wildman–Crippen LogP) is 1.04. The minimum atomic E-state index is -1.17. The number of halogens is 1. The molecule has 0 aliphatic carbocycles. The number of aliphatic hydroxyl groups excluding tert-OH is 1. The average Bonchev–Trinajstić information content (AvgIpc) is 3.03. The van der Waals surface area contributed by atoms with E-state index in [1.54, 1.807) is 19.1 Å². The fraction of sp³-hybridized carbons (Fsp3) is 0.348. The average molecular weight is 563 g/mol. The van der Waals surface area contributed by atoms with Crippen molar-refractivity contribution >= 4 is 45.4 Å². The van der Waals surface area contributed by atoms with E-state index < -0.39 is 42.9 Å². The van der Waals surface area contributed by atoms with Crippen LogP contribution in [0.1, 0.15) is 40.4 Å². The minimum Gasteiger partial charge on any atom is -0.506 e. The van der Waals surface area contributed by atoms with Crippen LogP contribution in [-0.4, -0.2) is 69.8 Å². The van der Waals surface area contributed by atoms with Crippen molar-refractivity contribution in [3.63, 3.8) is 0 Å². The van der Waals surface area contributed by atoms with Gasteiger partial charge in [-0.3, -0.25) is 24.4 Å². The van der Waals surface area contributed by atoms with Crippen molar-refractivity contribution in [2.45, 2.75) is 31.9 Å². The third-order valence-electron chi connectivity index (χ3n) is 5.23. The van der Waals surface area contributed by atoms with E-state index in [9.17, 15) is 29.7 Å². The van der Waals surface area contributed by atoms with Gasteiger partial charge in [-0.05, 0) is 47.0 Å². The number of rotatable bonds is 8. The van der Waals surface area contributed by atoms with Crippen molar-refractivity contribution in [1.29, 1.82) is 0 Å². The van der Waals surface area contributed by atoms with Crippen molar-refractivity contribution in [1.82, 2.24) is 20.9 Å². The lowest BCUT2D eigenvalue weighted by Crippen LogP contribution is -2.39. The van der Waals surface area contributed by atoms with E-state index in [1.807, 2.05) is 0 Å². The number of aliphatic carboxylic acids is 1. The van der Waals surface area contributed by atoms with Gasteiger partial charge in [0, 0.05) is 18.3 Å². The Morgan fingerprint density at radius 1 is 1.25 bits per heavy atom. The van der Waals surface area contributed by atoms with E-state index in [0.717, 1.165) is 5.56 Å². The van der Waals surface area contributed by atoms with E-state index >= 15 is 0 Å². The van der Waals surface area contributed by atoms with Gasteiger partial charge in [-0.2, -0.15) is 0 Å². The molecule has 0 bridgehead atoms. The minimum absolute atomic E-state index is 0.172. The molecule has 0 saturated carbocycles. The predicted molar refractivity (Wildman–Crippen MR) is 135 cm³/mol. The summed E-state index contributed by atoms with van der Waals surface area (Å²) in [7, 11) is 0. The van der Waals surface area contributed by atoms with E-state index in [4.69, 9.17) is 0 Å². The summed E-state index contributed by atoms with van der Waals surface area (Å²) in [5, 5.41) is 40.4. The lowest BCUT2D eigenvalue weighted by Gasteiger charge is -2.20. The van der Waals surface area contributed by atoms with Crippen molar-refractivity contribution in [2.24, 2.45) is 4.99 Å². The number of nitrogens with one attached hydrogen (secondary N) is 4. The number of carbonyl (C=O) groups excluding carboxylic acids is 2. The monoisotopic (exact) mass is 562 g/mol. The second-order valence-corrected chi connectivity index (χ2v) is 9.09. The van der Waals surface area contributed by atoms with E-state index in [2.05, 4.69) is 47.2 Å². The first-order valence-corrected chi connectivity index (χ1v) is 11.9. The van der Waals surface area contributed by atoms with Crippen LogP contribution in [0.2, 0.25) is 0 Å². The highest BCUT2D eigenvalue weighted by Gasteiger charge is 2.23. The number of phenols is 1. The van der Waals surface area contributed by atoms with Crippen LogP contribution in [0.3, 0.4) is 0 Å². The summed E-state index contributed by atoms with van der Waals surface area (Å²) in [5.41, 5.74) is 1.67. The number of hydrogen-bond acceptors (Lipinski definition) is 9. The maximum absolute atomic E-state index is 12.6. The van der Waals surface area contributed by atoms with Gasteiger partial charge < -0.3 is 36.6 Å². The Kier molecular flexibility index (Phi) is 9.19. The van der Waals surface area contributed by atoms with Crippen molar-refractivity contribution in [2.75, 3.05) is 25.0 Å². The first-order chi connectivity index (χ1) is 17.1. The van der Waals surface area contributed by atoms with Gasteiger partial charge in [0.05, 0.1) is 53.6 Å². The quantitative estimate of drug-likeness (QED) is 0.247. The number of hydrogen-bond donors (Lipinski definition) is 7. The number of phenolic OH excluding ortho intramolecular Hbond substituents is 1. The van der Waals surface area contributed by atoms with Crippen molar-refractivity contribution < 1.29 is 29.7 Å². The van der Waals surface area contributed by atoms with Gasteiger partial charge in [0.2, 0.25) is 5.91 Å². The zero-order chi connectivity index (χ0) is 26.2. The zero-order valence-corrected chi connectivity index (χ0v) is 21.0. The highest BCUT2D eigenvalue weighted by atomic mass is 79.9. The molecule has 1 aliphatic heterocycles. The number of nitrogens with zero attached hydrogens (tertiary/aromatic N) is 2. The number of benzene rings is 1.